The van der Waals surface area contributed by atoms with E-state index in [1.54, 1.807) is 30.7 Å². The number of carbonyl (C=O) groups is 2. The average Bonchev–Trinajstić information content (AvgIpc) is 2.87. The molecule has 13 heteroatoms. The summed E-state index contributed by atoms with van der Waals surface area (Å²) in [7, 11) is -2.60. The molecular formula is C23H32N6O6S. The smallest absolute Gasteiger partial charge is 0.341 e. The Hall–Kier alpha value is -3.26. The summed E-state index contributed by atoms with van der Waals surface area (Å²) < 4.78 is 26.7. The highest BCUT2D eigenvalue weighted by atomic mass is 32.2. The van der Waals surface area contributed by atoms with Crippen LogP contribution in [-0.4, -0.2) is 60.0 Å². The van der Waals surface area contributed by atoms with Crippen molar-refractivity contribution < 1.29 is 23.1 Å². The molecule has 0 spiro atoms. The second-order valence-electron chi connectivity index (χ2n) is 8.68. The summed E-state index contributed by atoms with van der Waals surface area (Å²) in [6, 6.07) is 5.22. The van der Waals surface area contributed by atoms with Crippen molar-refractivity contribution >= 4 is 32.6 Å². The summed E-state index contributed by atoms with van der Waals surface area (Å²) in [5.41, 5.74) is 6.44. The molecule has 0 radical (unpaired) electrons. The number of sulfone groups is 1. The average molecular weight is 521 g/mol. The first-order chi connectivity index (χ1) is 17.0. The summed E-state index contributed by atoms with van der Waals surface area (Å²) in [5.74, 6) is -3.12. The van der Waals surface area contributed by atoms with Gasteiger partial charge in [0.2, 0.25) is 10.3 Å². The minimum Gasteiger partial charge on any atom is -0.479 e. The number of hydrogen-bond acceptors (Lipinski definition) is 9. The topological polar surface area (TPSA) is 185 Å². The summed E-state index contributed by atoms with van der Waals surface area (Å²) >= 11 is 0. The molecule has 0 saturated heterocycles. The van der Waals surface area contributed by atoms with Crippen LogP contribution in [0.5, 0.6) is 0 Å². The fourth-order valence-corrected chi connectivity index (χ4v) is 5.35. The molecule has 7 N–H and O–H groups in total. The van der Waals surface area contributed by atoms with Crippen LogP contribution in [0.2, 0.25) is 0 Å². The molecule has 2 aromatic rings. The molecule has 0 bridgehead atoms. The Kier molecular flexibility index (Phi) is 8.51. The van der Waals surface area contributed by atoms with Crippen molar-refractivity contribution in [2.45, 2.75) is 37.5 Å². The number of aryl methyl sites for hydroxylation is 1. The van der Waals surface area contributed by atoms with Gasteiger partial charge in [0, 0.05) is 31.7 Å². The number of carbonyl (C=O) groups excluding carboxylic acids is 1. The largest absolute Gasteiger partial charge is 0.479 e. The quantitative estimate of drug-likeness (QED) is 0.221. The van der Waals surface area contributed by atoms with Crippen molar-refractivity contribution in [3.05, 3.63) is 58.0 Å². The second kappa shape index (κ2) is 11.2. The molecule has 36 heavy (non-hydrogen) atoms. The van der Waals surface area contributed by atoms with E-state index >= 15 is 0 Å². The van der Waals surface area contributed by atoms with Gasteiger partial charge in [-0.05, 0) is 30.3 Å². The molecule has 1 aromatic carbocycles. The monoisotopic (exact) mass is 520 g/mol. The molecule has 2 heterocycles. The molecule has 1 aliphatic heterocycles. The first-order valence-corrected chi connectivity index (χ1v) is 13.2. The second-order valence-corrected chi connectivity index (χ2v) is 11.0. The number of aliphatic carboxylic acids is 1. The zero-order valence-electron chi connectivity index (χ0n) is 20.2. The highest BCUT2D eigenvalue weighted by Crippen LogP contribution is 2.16. The van der Waals surface area contributed by atoms with E-state index in [1.807, 2.05) is 18.3 Å². The Morgan fingerprint density at radius 2 is 2.08 bits per heavy atom. The standard InChI is InChI=1S/C23H32N6O6S/c1-3-4-10-36(34,35)23(24,21(32)33)14-28-20(31)17-13-29(2)18-11-15(6-7-16(18)19(17)30)12-27-22-25-8-5-9-26-22/h5-8,11,13,22,25-27H,3-4,9-10,12,14,24H2,1-2H3,(H,28,31)(H,32,33). The van der Waals surface area contributed by atoms with Crippen LogP contribution >= 0.6 is 0 Å². The first kappa shape index (κ1) is 27.3. The Bertz CT molecular complexity index is 1340. The Morgan fingerprint density at radius 1 is 1.33 bits per heavy atom. The van der Waals surface area contributed by atoms with Gasteiger partial charge in [-0.3, -0.25) is 20.2 Å². The van der Waals surface area contributed by atoms with Gasteiger partial charge >= 0.3 is 5.97 Å². The van der Waals surface area contributed by atoms with Gasteiger partial charge < -0.3 is 26.0 Å². The summed E-state index contributed by atoms with van der Waals surface area (Å²) in [5, 5.41) is 21.7. The maximum Gasteiger partial charge on any atom is 0.341 e. The lowest BCUT2D eigenvalue weighted by molar-refractivity contribution is -0.139. The molecule has 1 aliphatic rings. The fraction of sp³-hybridized carbons (Fsp3) is 0.435. The van der Waals surface area contributed by atoms with Crippen LogP contribution in [0.4, 0.5) is 0 Å². The Balaban J connectivity index is 1.80. The van der Waals surface area contributed by atoms with E-state index in [2.05, 4.69) is 21.3 Å². The van der Waals surface area contributed by atoms with Gasteiger partial charge in [-0.25, -0.2) is 13.2 Å². The molecule has 0 saturated carbocycles. The number of nitrogens with one attached hydrogen (secondary N) is 4. The van der Waals surface area contributed by atoms with Gasteiger partial charge in [0.15, 0.2) is 9.84 Å². The summed E-state index contributed by atoms with van der Waals surface area (Å²) in [4.78, 5) is 34.9. The van der Waals surface area contributed by atoms with Crippen molar-refractivity contribution in [3.8, 4) is 0 Å². The van der Waals surface area contributed by atoms with E-state index in [0.717, 1.165) is 12.1 Å². The van der Waals surface area contributed by atoms with Crippen LogP contribution in [0.15, 0.2) is 41.5 Å². The predicted molar refractivity (Wildman–Crippen MR) is 136 cm³/mol. The number of nitrogens with two attached hydrogens (primary N) is 1. The zero-order valence-corrected chi connectivity index (χ0v) is 21.0. The number of benzene rings is 1. The SMILES string of the molecule is CCCCS(=O)(=O)C(N)(CNC(=O)c1cn(C)c2cc(CNC3NC=CCN3)ccc2c1=O)C(=O)O. The van der Waals surface area contributed by atoms with Crippen molar-refractivity contribution in [1.29, 1.82) is 0 Å². The lowest BCUT2D eigenvalue weighted by Crippen LogP contribution is -2.62. The van der Waals surface area contributed by atoms with E-state index < -0.39 is 44.3 Å². The molecule has 1 amide bonds. The lowest BCUT2D eigenvalue weighted by Gasteiger charge is -2.25. The fourth-order valence-electron chi connectivity index (χ4n) is 3.76. The molecule has 0 aliphatic carbocycles. The number of carboxylic acid groups (broad SMARTS) is 1. The van der Waals surface area contributed by atoms with E-state index in [9.17, 15) is 27.9 Å². The number of pyridine rings is 1. The van der Waals surface area contributed by atoms with E-state index in [-0.39, 0.29) is 18.3 Å². The molecular weight excluding hydrogens is 488 g/mol. The van der Waals surface area contributed by atoms with Crippen LogP contribution in [0.25, 0.3) is 10.9 Å². The Morgan fingerprint density at radius 3 is 2.72 bits per heavy atom. The normalized spacial score (nSPS) is 17.4. The van der Waals surface area contributed by atoms with Crippen LogP contribution in [0, 0.1) is 0 Å². The highest BCUT2D eigenvalue weighted by Gasteiger charge is 2.47. The van der Waals surface area contributed by atoms with E-state index in [1.165, 1.54) is 6.20 Å². The number of amides is 1. The number of unbranched alkanes of at least 4 members (excludes halogenated alkanes) is 1. The third-order valence-electron chi connectivity index (χ3n) is 6.02. The van der Waals surface area contributed by atoms with Gasteiger partial charge in [-0.15, -0.1) is 0 Å². The van der Waals surface area contributed by atoms with Crippen LogP contribution in [0.3, 0.4) is 0 Å². The molecule has 12 nitrogen and oxygen atoms in total. The van der Waals surface area contributed by atoms with Crippen molar-refractivity contribution in [3.63, 3.8) is 0 Å². The minimum atomic E-state index is -4.27. The predicted octanol–water partition coefficient (Wildman–Crippen LogP) is -0.697. The number of nitrogens with zero attached hydrogens (tertiary/aromatic N) is 1. The van der Waals surface area contributed by atoms with Gasteiger partial charge in [0.1, 0.15) is 11.9 Å². The van der Waals surface area contributed by atoms with Crippen LogP contribution in [0.1, 0.15) is 35.7 Å². The van der Waals surface area contributed by atoms with Crippen LogP contribution in [-0.2, 0) is 28.2 Å². The number of hydrogen-bond donors (Lipinski definition) is 6. The molecule has 2 atom stereocenters. The van der Waals surface area contributed by atoms with Gasteiger partial charge in [-0.1, -0.05) is 25.5 Å². The number of rotatable bonds is 11. The molecule has 0 fully saturated rings. The van der Waals surface area contributed by atoms with Gasteiger partial charge in [0.05, 0.1) is 17.8 Å². The van der Waals surface area contributed by atoms with E-state index in [4.69, 9.17) is 5.73 Å². The molecule has 2 unspecified atom stereocenters. The van der Waals surface area contributed by atoms with Crippen molar-refractivity contribution in [2.75, 3.05) is 18.8 Å². The number of carboxylic acids is 1. The number of aromatic nitrogens is 1. The summed E-state index contributed by atoms with van der Waals surface area (Å²) in [6.45, 7) is 2.14. The molecule has 196 valence electrons. The van der Waals surface area contributed by atoms with Crippen molar-refractivity contribution in [2.24, 2.45) is 12.8 Å². The van der Waals surface area contributed by atoms with Gasteiger partial charge in [-0.2, -0.15) is 0 Å². The zero-order chi connectivity index (χ0) is 26.5. The maximum absolute atomic E-state index is 13.1. The molecule has 3 rings (SSSR count). The molecule has 1 aromatic heterocycles. The number of fused-ring (bicyclic) bond motifs is 1. The van der Waals surface area contributed by atoms with Crippen molar-refractivity contribution in [1.82, 2.24) is 25.8 Å². The Labute approximate surface area is 208 Å². The third-order valence-corrected chi connectivity index (χ3v) is 8.28. The van der Waals surface area contributed by atoms with E-state index in [0.29, 0.717) is 23.9 Å². The summed E-state index contributed by atoms with van der Waals surface area (Å²) in [6.07, 6.45) is 5.81. The van der Waals surface area contributed by atoms with Gasteiger partial charge in [0.25, 0.3) is 5.91 Å². The maximum atomic E-state index is 13.1. The minimum absolute atomic E-state index is 0.0909. The lowest BCUT2D eigenvalue weighted by atomic mass is 10.1. The highest BCUT2D eigenvalue weighted by molar-refractivity contribution is 7.93. The third kappa shape index (κ3) is 5.75. The van der Waals surface area contributed by atoms with Crippen LogP contribution < -0.4 is 32.4 Å². The first-order valence-electron chi connectivity index (χ1n) is 11.5.